The van der Waals surface area contributed by atoms with E-state index in [-0.39, 0.29) is 0 Å². The molecule has 19 heavy (non-hydrogen) atoms. The summed E-state index contributed by atoms with van der Waals surface area (Å²) in [6.45, 7) is 2.11. The number of pyridine rings is 1. The lowest BCUT2D eigenvalue weighted by Crippen LogP contribution is -2.31. The predicted octanol–water partition coefficient (Wildman–Crippen LogP) is 1.84. The van der Waals surface area contributed by atoms with Crippen LogP contribution in [-0.2, 0) is 0 Å². The molecule has 1 atom stereocenters. The minimum atomic E-state index is -0.905. The Labute approximate surface area is 111 Å². The number of aromatic nitrogens is 2. The van der Waals surface area contributed by atoms with Gasteiger partial charge in [-0.15, -0.1) is 0 Å². The Kier molecular flexibility index (Phi) is 2.98. The number of imidazole rings is 1. The Balaban J connectivity index is 2.05. The van der Waals surface area contributed by atoms with Crippen LogP contribution in [-0.4, -0.2) is 45.5 Å². The summed E-state index contributed by atoms with van der Waals surface area (Å²) in [6, 6.07) is 3.39. The molecule has 0 amide bonds. The molecule has 0 radical (unpaired) electrons. The predicted molar refractivity (Wildman–Crippen MR) is 71.6 cm³/mol. The van der Waals surface area contributed by atoms with Crippen LogP contribution in [0.1, 0.15) is 34.9 Å². The summed E-state index contributed by atoms with van der Waals surface area (Å²) in [5.41, 5.74) is 0.989. The van der Waals surface area contributed by atoms with Gasteiger partial charge in [-0.05, 0) is 38.6 Å². The molecule has 3 heterocycles. The minimum absolute atomic E-state index is 0.311. The van der Waals surface area contributed by atoms with Crippen LogP contribution in [0.4, 0.5) is 0 Å². The Morgan fingerprint density at radius 1 is 1.53 bits per heavy atom. The third kappa shape index (κ3) is 2.10. The van der Waals surface area contributed by atoms with Gasteiger partial charge in [0.2, 0.25) is 0 Å². The fourth-order valence-electron chi connectivity index (χ4n) is 2.90. The van der Waals surface area contributed by atoms with E-state index >= 15 is 0 Å². The number of carbonyl (C=O) groups is 1. The molecule has 5 heteroatoms. The number of nitrogens with zero attached hydrogens (tertiary/aromatic N) is 3. The Bertz CT molecular complexity index is 620. The summed E-state index contributed by atoms with van der Waals surface area (Å²) in [5, 5.41) is 9.20. The van der Waals surface area contributed by atoms with Gasteiger partial charge in [0.25, 0.3) is 0 Å². The number of aromatic carboxylic acids is 1. The number of piperidine rings is 1. The quantitative estimate of drug-likeness (QED) is 0.894. The molecule has 2 aromatic rings. The van der Waals surface area contributed by atoms with Crippen molar-refractivity contribution >= 4 is 11.5 Å². The van der Waals surface area contributed by atoms with Gasteiger partial charge in [0, 0.05) is 18.7 Å². The molecule has 100 valence electrons. The molecule has 1 aliphatic heterocycles. The summed E-state index contributed by atoms with van der Waals surface area (Å²) in [4.78, 5) is 18.0. The lowest BCUT2D eigenvalue weighted by Gasteiger charge is -2.28. The van der Waals surface area contributed by atoms with Crippen LogP contribution in [0.15, 0.2) is 24.5 Å². The van der Waals surface area contributed by atoms with Crippen molar-refractivity contribution in [3.63, 3.8) is 0 Å². The molecule has 2 aromatic heterocycles. The van der Waals surface area contributed by atoms with Crippen molar-refractivity contribution in [3.8, 4) is 0 Å². The van der Waals surface area contributed by atoms with Crippen molar-refractivity contribution in [2.24, 2.45) is 0 Å². The molecule has 1 fully saturated rings. The van der Waals surface area contributed by atoms with E-state index in [1.54, 1.807) is 18.3 Å². The maximum Gasteiger partial charge on any atom is 0.337 e. The molecule has 3 rings (SSSR count). The maximum absolute atomic E-state index is 11.2. The van der Waals surface area contributed by atoms with Crippen LogP contribution >= 0.6 is 0 Å². The molecule has 1 aliphatic rings. The average Bonchev–Trinajstić information content (AvgIpc) is 2.82. The van der Waals surface area contributed by atoms with E-state index in [0.717, 1.165) is 31.8 Å². The van der Waals surface area contributed by atoms with Gasteiger partial charge in [0.05, 0.1) is 17.3 Å². The maximum atomic E-state index is 11.2. The van der Waals surface area contributed by atoms with Crippen molar-refractivity contribution in [2.75, 3.05) is 20.1 Å². The van der Waals surface area contributed by atoms with Crippen LogP contribution in [0.25, 0.3) is 5.52 Å². The molecule has 5 nitrogen and oxygen atoms in total. The van der Waals surface area contributed by atoms with Crippen molar-refractivity contribution in [2.45, 2.75) is 18.8 Å². The van der Waals surface area contributed by atoms with Crippen LogP contribution in [0, 0.1) is 0 Å². The van der Waals surface area contributed by atoms with Gasteiger partial charge in [0.1, 0.15) is 5.82 Å². The monoisotopic (exact) mass is 259 g/mol. The highest BCUT2D eigenvalue weighted by Gasteiger charge is 2.23. The van der Waals surface area contributed by atoms with E-state index in [0.29, 0.717) is 17.0 Å². The van der Waals surface area contributed by atoms with Crippen LogP contribution in [0.2, 0.25) is 0 Å². The molecule has 0 bridgehead atoms. The number of likely N-dealkylation sites (tertiary alicyclic amines) is 1. The van der Waals surface area contributed by atoms with Gasteiger partial charge >= 0.3 is 5.97 Å². The number of fused-ring (bicyclic) bond motifs is 1. The third-order valence-electron chi connectivity index (χ3n) is 3.82. The van der Waals surface area contributed by atoms with Crippen molar-refractivity contribution in [1.29, 1.82) is 0 Å². The SMILES string of the molecule is CN1CCCC(c2ncc3c(C(=O)O)cccn23)C1. The molecule has 0 aromatic carbocycles. The fourth-order valence-corrected chi connectivity index (χ4v) is 2.90. The number of carboxylic acid groups (broad SMARTS) is 1. The van der Waals surface area contributed by atoms with Crippen molar-refractivity contribution in [3.05, 3.63) is 35.9 Å². The number of likely N-dealkylation sites (N-methyl/N-ethyl adjacent to an activating group) is 1. The number of rotatable bonds is 2. The molecular weight excluding hydrogens is 242 g/mol. The largest absolute Gasteiger partial charge is 0.478 e. The van der Waals surface area contributed by atoms with Gasteiger partial charge in [-0.3, -0.25) is 0 Å². The first-order valence-corrected chi connectivity index (χ1v) is 6.54. The zero-order chi connectivity index (χ0) is 13.4. The normalized spacial score (nSPS) is 20.8. The third-order valence-corrected chi connectivity index (χ3v) is 3.82. The molecule has 1 unspecified atom stereocenters. The zero-order valence-corrected chi connectivity index (χ0v) is 10.9. The summed E-state index contributed by atoms with van der Waals surface area (Å²) in [6.07, 6.45) is 5.85. The number of carboxylic acids is 1. The standard InChI is InChI=1S/C14H17N3O2/c1-16-6-2-4-10(9-16)13-15-8-12-11(14(18)19)5-3-7-17(12)13/h3,5,7-8,10H,2,4,6,9H2,1H3,(H,18,19). The summed E-state index contributed by atoms with van der Waals surface area (Å²) >= 11 is 0. The van der Waals surface area contributed by atoms with Gasteiger partial charge < -0.3 is 14.4 Å². The smallest absolute Gasteiger partial charge is 0.337 e. The van der Waals surface area contributed by atoms with Crippen molar-refractivity contribution < 1.29 is 9.90 Å². The summed E-state index contributed by atoms with van der Waals surface area (Å²) < 4.78 is 1.92. The van der Waals surface area contributed by atoms with Crippen LogP contribution in [0.5, 0.6) is 0 Å². The Hall–Kier alpha value is -1.88. The van der Waals surface area contributed by atoms with E-state index in [1.165, 1.54) is 0 Å². The minimum Gasteiger partial charge on any atom is -0.478 e. The molecular formula is C14H17N3O2. The van der Waals surface area contributed by atoms with Gasteiger partial charge in [-0.2, -0.15) is 0 Å². The highest BCUT2D eigenvalue weighted by molar-refractivity contribution is 5.95. The Morgan fingerprint density at radius 2 is 2.37 bits per heavy atom. The second-order valence-corrected chi connectivity index (χ2v) is 5.20. The van der Waals surface area contributed by atoms with E-state index in [1.807, 2.05) is 10.6 Å². The Morgan fingerprint density at radius 3 is 3.11 bits per heavy atom. The zero-order valence-electron chi connectivity index (χ0n) is 10.9. The second kappa shape index (κ2) is 4.66. The topological polar surface area (TPSA) is 57.8 Å². The van der Waals surface area contributed by atoms with Crippen LogP contribution in [0.3, 0.4) is 0 Å². The van der Waals surface area contributed by atoms with E-state index < -0.39 is 5.97 Å². The highest BCUT2D eigenvalue weighted by Crippen LogP contribution is 2.26. The first kappa shape index (κ1) is 12.2. The second-order valence-electron chi connectivity index (χ2n) is 5.20. The van der Waals surface area contributed by atoms with E-state index in [2.05, 4.69) is 16.9 Å². The first-order chi connectivity index (χ1) is 9.16. The molecule has 0 aliphatic carbocycles. The fraction of sp³-hybridized carbons (Fsp3) is 0.429. The summed E-state index contributed by atoms with van der Waals surface area (Å²) in [7, 11) is 2.12. The molecule has 0 spiro atoms. The summed E-state index contributed by atoms with van der Waals surface area (Å²) in [5.74, 6) is 0.452. The lowest BCUT2D eigenvalue weighted by molar-refractivity contribution is 0.0698. The highest BCUT2D eigenvalue weighted by atomic mass is 16.4. The number of hydrogen-bond acceptors (Lipinski definition) is 3. The van der Waals surface area contributed by atoms with E-state index in [9.17, 15) is 9.90 Å². The van der Waals surface area contributed by atoms with Gasteiger partial charge in [-0.25, -0.2) is 9.78 Å². The molecule has 0 saturated carbocycles. The first-order valence-electron chi connectivity index (χ1n) is 6.54. The molecule has 1 saturated heterocycles. The van der Waals surface area contributed by atoms with Gasteiger partial charge in [0.15, 0.2) is 0 Å². The number of hydrogen-bond donors (Lipinski definition) is 1. The lowest BCUT2D eigenvalue weighted by atomic mass is 9.98. The van der Waals surface area contributed by atoms with Crippen LogP contribution < -0.4 is 0 Å². The average molecular weight is 259 g/mol. The van der Waals surface area contributed by atoms with Crippen molar-refractivity contribution in [1.82, 2.24) is 14.3 Å². The molecule has 1 N–H and O–H groups in total. The van der Waals surface area contributed by atoms with E-state index in [4.69, 9.17) is 0 Å². The van der Waals surface area contributed by atoms with Gasteiger partial charge in [-0.1, -0.05) is 0 Å².